The largest absolute Gasteiger partial charge is 0.418 e. The van der Waals surface area contributed by atoms with E-state index in [9.17, 15) is 13.2 Å². The summed E-state index contributed by atoms with van der Waals surface area (Å²) in [5, 5.41) is 8.88. The van der Waals surface area contributed by atoms with Crippen molar-refractivity contribution in [1.82, 2.24) is 0 Å². The average molecular weight is 204 g/mol. The van der Waals surface area contributed by atoms with E-state index in [1.54, 1.807) is 0 Å². The smallest absolute Gasteiger partial charge is 0.379 e. The van der Waals surface area contributed by atoms with Gasteiger partial charge in [0, 0.05) is 0 Å². The molecule has 0 amide bonds. The van der Waals surface area contributed by atoms with Gasteiger partial charge in [-0.05, 0) is 5.57 Å². The number of aliphatic hydroxyl groups excluding tert-OH is 1. The summed E-state index contributed by atoms with van der Waals surface area (Å²) in [6.07, 6.45) is -1.12. The quantitative estimate of drug-likeness (QED) is 0.698. The molecule has 4 heteroatoms. The molecule has 1 atom stereocenters. The van der Waals surface area contributed by atoms with E-state index in [1.165, 1.54) is 18.2 Å². The molecule has 0 aliphatic rings. The molecule has 0 bridgehead atoms. The summed E-state index contributed by atoms with van der Waals surface area (Å²) < 4.78 is 36.2. The average Bonchev–Trinajstić information content (AvgIpc) is 2.09. The molecule has 0 aromatic carbocycles. The van der Waals surface area contributed by atoms with Gasteiger partial charge in [0.25, 0.3) is 0 Å². The van der Waals surface area contributed by atoms with Gasteiger partial charge in [0.2, 0.25) is 0 Å². The number of hydrogen-bond acceptors (Lipinski definition) is 1. The first-order chi connectivity index (χ1) is 6.43. The maximum Gasteiger partial charge on any atom is 0.418 e. The lowest BCUT2D eigenvalue weighted by atomic mass is 10.1. The predicted octanol–water partition coefficient (Wildman–Crippen LogP) is 2.76. The minimum atomic E-state index is -4.67. The number of alkyl halides is 3. The highest BCUT2D eigenvalue weighted by Crippen LogP contribution is 2.25. The van der Waals surface area contributed by atoms with Crippen LogP contribution >= 0.6 is 0 Å². The van der Waals surface area contributed by atoms with Crippen molar-refractivity contribution < 1.29 is 18.3 Å². The maximum atomic E-state index is 12.1. The Labute approximate surface area is 80.6 Å². The van der Waals surface area contributed by atoms with Crippen molar-refractivity contribution in [3.8, 4) is 0 Å². The van der Waals surface area contributed by atoms with Crippen molar-refractivity contribution in [2.75, 3.05) is 0 Å². The molecule has 14 heavy (non-hydrogen) atoms. The zero-order valence-electron chi connectivity index (χ0n) is 7.46. The molecule has 78 valence electrons. The Morgan fingerprint density at radius 2 is 1.79 bits per heavy atom. The normalized spacial score (nSPS) is 15.6. The van der Waals surface area contributed by atoms with E-state index in [2.05, 4.69) is 13.2 Å². The molecule has 1 unspecified atom stereocenters. The minimum Gasteiger partial charge on any atom is -0.379 e. The lowest BCUT2D eigenvalue weighted by Crippen LogP contribution is -2.29. The molecule has 1 N–H and O–H groups in total. The molecule has 0 aromatic heterocycles. The van der Waals surface area contributed by atoms with Gasteiger partial charge in [0.15, 0.2) is 6.10 Å². The Kier molecular flexibility index (Phi) is 4.94. The third-order valence-corrected chi connectivity index (χ3v) is 1.36. The van der Waals surface area contributed by atoms with Crippen LogP contribution < -0.4 is 0 Å². The summed E-state index contributed by atoms with van der Waals surface area (Å²) in [6, 6.07) is 0. The van der Waals surface area contributed by atoms with Crippen molar-refractivity contribution in [3.63, 3.8) is 0 Å². The summed E-state index contributed by atoms with van der Waals surface area (Å²) in [4.78, 5) is 0. The Morgan fingerprint density at radius 1 is 1.21 bits per heavy atom. The third-order valence-electron chi connectivity index (χ3n) is 1.36. The molecule has 0 aliphatic heterocycles. The molecule has 0 heterocycles. The second-order valence-corrected chi connectivity index (χ2v) is 2.44. The summed E-state index contributed by atoms with van der Waals surface area (Å²) in [5.74, 6) is 0. The molecule has 0 rings (SSSR count). The first-order valence-electron chi connectivity index (χ1n) is 3.80. The van der Waals surface area contributed by atoms with Crippen LogP contribution in [0.5, 0.6) is 0 Å². The molecule has 0 aliphatic carbocycles. The van der Waals surface area contributed by atoms with Gasteiger partial charge in [0.05, 0.1) is 0 Å². The number of halogens is 3. The summed E-state index contributed by atoms with van der Waals surface area (Å²) in [6.45, 7) is 6.57. The van der Waals surface area contributed by atoms with E-state index in [4.69, 9.17) is 5.11 Å². The maximum absolute atomic E-state index is 12.1. The molecular formula is C10H11F3O. The van der Waals surface area contributed by atoms with E-state index in [0.29, 0.717) is 0 Å². The molecule has 0 saturated heterocycles. The van der Waals surface area contributed by atoms with Crippen LogP contribution in [-0.4, -0.2) is 17.4 Å². The highest BCUT2D eigenvalue weighted by Gasteiger charge is 2.39. The Balaban J connectivity index is 4.84. The lowest BCUT2D eigenvalue weighted by Gasteiger charge is -2.15. The molecule has 0 saturated carbocycles. The topological polar surface area (TPSA) is 20.2 Å². The van der Waals surface area contributed by atoms with Gasteiger partial charge in [-0.2, -0.15) is 13.2 Å². The van der Waals surface area contributed by atoms with Crippen LogP contribution in [0.15, 0.2) is 49.1 Å². The van der Waals surface area contributed by atoms with E-state index < -0.39 is 12.3 Å². The SMILES string of the molecule is C=C/C=C\C(=C/C=C)C(O)C(F)(F)F. The van der Waals surface area contributed by atoms with Crippen LogP contribution in [0, 0.1) is 0 Å². The fourth-order valence-corrected chi connectivity index (χ4v) is 0.742. The van der Waals surface area contributed by atoms with Gasteiger partial charge in [-0.1, -0.05) is 43.5 Å². The van der Waals surface area contributed by atoms with Crippen LogP contribution in [0.1, 0.15) is 0 Å². The van der Waals surface area contributed by atoms with Crippen LogP contribution in [0.3, 0.4) is 0 Å². The molecule has 0 fully saturated rings. The van der Waals surface area contributed by atoms with E-state index in [-0.39, 0.29) is 5.57 Å². The Morgan fingerprint density at radius 3 is 2.14 bits per heavy atom. The molecule has 1 nitrogen and oxygen atoms in total. The van der Waals surface area contributed by atoms with Crippen LogP contribution in [0.4, 0.5) is 13.2 Å². The van der Waals surface area contributed by atoms with Gasteiger partial charge >= 0.3 is 6.18 Å². The standard InChI is InChI=1S/C10H11F3O/c1-3-5-7-8(6-4-2)9(14)10(11,12)13/h3-7,9,14H,1-2H2/b7-5-,8-6+. The Hall–Kier alpha value is -1.29. The number of aliphatic hydroxyl groups is 1. The van der Waals surface area contributed by atoms with Crippen LogP contribution in [0.25, 0.3) is 0 Å². The number of hydrogen-bond donors (Lipinski definition) is 1. The summed E-state index contributed by atoms with van der Waals surface area (Å²) in [7, 11) is 0. The molecule has 0 radical (unpaired) electrons. The monoisotopic (exact) mass is 204 g/mol. The highest BCUT2D eigenvalue weighted by atomic mass is 19.4. The first-order valence-corrected chi connectivity index (χ1v) is 3.80. The highest BCUT2D eigenvalue weighted by molar-refractivity contribution is 5.29. The van der Waals surface area contributed by atoms with Gasteiger partial charge < -0.3 is 5.11 Å². The predicted molar refractivity (Wildman–Crippen MR) is 49.7 cm³/mol. The first kappa shape index (κ1) is 12.7. The van der Waals surface area contributed by atoms with Gasteiger partial charge in [-0.25, -0.2) is 0 Å². The fourth-order valence-electron chi connectivity index (χ4n) is 0.742. The zero-order valence-corrected chi connectivity index (χ0v) is 7.46. The fraction of sp³-hybridized carbons (Fsp3) is 0.200. The Bertz CT molecular complexity index is 261. The number of allylic oxidation sites excluding steroid dienone is 4. The number of rotatable bonds is 4. The van der Waals surface area contributed by atoms with Crippen LogP contribution in [-0.2, 0) is 0 Å². The second kappa shape index (κ2) is 5.44. The summed E-state index contributed by atoms with van der Waals surface area (Å²) >= 11 is 0. The van der Waals surface area contributed by atoms with E-state index in [1.807, 2.05) is 0 Å². The van der Waals surface area contributed by atoms with Crippen molar-refractivity contribution in [2.45, 2.75) is 12.3 Å². The van der Waals surface area contributed by atoms with Gasteiger partial charge in [-0.15, -0.1) is 0 Å². The van der Waals surface area contributed by atoms with Crippen molar-refractivity contribution in [3.05, 3.63) is 49.1 Å². The van der Waals surface area contributed by atoms with Crippen molar-refractivity contribution in [2.24, 2.45) is 0 Å². The van der Waals surface area contributed by atoms with E-state index in [0.717, 1.165) is 12.2 Å². The second-order valence-electron chi connectivity index (χ2n) is 2.44. The minimum absolute atomic E-state index is 0.271. The third kappa shape index (κ3) is 4.09. The molecule has 0 spiro atoms. The zero-order chi connectivity index (χ0) is 11.2. The molecule has 0 aromatic rings. The van der Waals surface area contributed by atoms with Crippen molar-refractivity contribution >= 4 is 0 Å². The van der Waals surface area contributed by atoms with Crippen LogP contribution in [0.2, 0.25) is 0 Å². The van der Waals surface area contributed by atoms with Crippen molar-refractivity contribution in [1.29, 1.82) is 0 Å². The van der Waals surface area contributed by atoms with Gasteiger partial charge in [-0.3, -0.25) is 0 Å². The lowest BCUT2D eigenvalue weighted by molar-refractivity contribution is -0.190. The van der Waals surface area contributed by atoms with E-state index >= 15 is 0 Å². The molecular weight excluding hydrogens is 193 g/mol. The van der Waals surface area contributed by atoms with Gasteiger partial charge in [0.1, 0.15) is 0 Å². The summed E-state index contributed by atoms with van der Waals surface area (Å²) in [5.41, 5.74) is -0.271.